The fourth-order valence-corrected chi connectivity index (χ4v) is 2.77. The van der Waals surface area contributed by atoms with Gasteiger partial charge in [-0.15, -0.1) is 0 Å². The van der Waals surface area contributed by atoms with Crippen molar-refractivity contribution in [1.82, 2.24) is 10.3 Å². The maximum absolute atomic E-state index is 9.46. The molecule has 5 nitrogen and oxygen atoms in total. The number of nitrogens with one attached hydrogen (secondary N) is 2. The zero-order valence-corrected chi connectivity index (χ0v) is 12.1. The molecule has 1 aliphatic heterocycles. The van der Waals surface area contributed by atoms with Gasteiger partial charge in [0.05, 0.1) is 19.3 Å². The van der Waals surface area contributed by atoms with Crippen molar-refractivity contribution in [1.29, 1.82) is 5.26 Å². The SMILES string of the molecule is COc1ccc2[nH]cc(C(C#N)NCC3CCCO3)c2c1. The zero-order valence-electron chi connectivity index (χ0n) is 12.1. The number of H-pyrrole nitrogens is 1. The molecule has 2 heterocycles. The normalized spacial score (nSPS) is 19.5. The lowest BCUT2D eigenvalue weighted by atomic mass is 10.1. The molecule has 0 aliphatic carbocycles. The van der Waals surface area contributed by atoms with Crippen molar-refractivity contribution in [2.45, 2.75) is 25.0 Å². The molecule has 1 saturated heterocycles. The first kappa shape index (κ1) is 13.9. The first-order chi connectivity index (χ1) is 10.3. The minimum Gasteiger partial charge on any atom is -0.497 e. The Morgan fingerprint density at radius 1 is 1.57 bits per heavy atom. The molecule has 2 unspecified atom stereocenters. The fourth-order valence-electron chi connectivity index (χ4n) is 2.77. The molecule has 1 aromatic carbocycles. The van der Waals surface area contributed by atoms with E-state index in [1.54, 1.807) is 7.11 Å². The summed E-state index contributed by atoms with van der Waals surface area (Å²) < 4.78 is 10.9. The minimum atomic E-state index is -0.352. The highest BCUT2D eigenvalue weighted by Crippen LogP contribution is 2.27. The van der Waals surface area contributed by atoms with Crippen LogP contribution in [0.3, 0.4) is 0 Å². The zero-order chi connectivity index (χ0) is 14.7. The molecule has 21 heavy (non-hydrogen) atoms. The molecular formula is C16H19N3O2. The van der Waals surface area contributed by atoms with Crippen LogP contribution in [0.1, 0.15) is 24.4 Å². The van der Waals surface area contributed by atoms with E-state index >= 15 is 0 Å². The molecule has 0 saturated carbocycles. The van der Waals surface area contributed by atoms with E-state index in [9.17, 15) is 5.26 Å². The van der Waals surface area contributed by atoms with E-state index in [-0.39, 0.29) is 12.1 Å². The number of nitrogens with zero attached hydrogens (tertiary/aromatic N) is 1. The van der Waals surface area contributed by atoms with E-state index in [4.69, 9.17) is 9.47 Å². The van der Waals surface area contributed by atoms with E-state index in [0.717, 1.165) is 41.7 Å². The van der Waals surface area contributed by atoms with E-state index in [0.29, 0.717) is 6.54 Å². The Bertz CT molecular complexity index is 653. The van der Waals surface area contributed by atoms with Crippen LogP contribution in [0.25, 0.3) is 10.9 Å². The molecule has 0 radical (unpaired) electrons. The lowest BCUT2D eigenvalue weighted by Crippen LogP contribution is -2.29. The second kappa shape index (κ2) is 6.17. The van der Waals surface area contributed by atoms with Gasteiger partial charge in [-0.1, -0.05) is 0 Å². The van der Waals surface area contributed by atoms with Crippen LogP contribution in [0.2, 0.25) is 0 Å². The molecule has 1 aliphatic rings. The number of hydrogen-bond donors (Lipinski definition) is 2. The Balaban J connectivity index is 1.81. The van der Waals surface area contributed by atoms with Crippen molar-refractivity contribution in [2.24, 2.45) is 0 Å². The maximum atomic E-state index is 9.46. The predicted octanol–water partition coefficient (Wildman–Crippen LogP) is 2.51. The summed E-state index contributed by atoms with van der Waals surface area (Å²) in [6, 6.07) is 7.81. The van der Waals surface area contributed by atoms with Gasteiger partial charge in [0.2, 0.25) is 0 Å². The highest BCUT2D eigenvalue weighted by molar-refractivity contribution is 5.85. The molecule has 3 rings (SSSR count). The van der Waals surface area contributed by atoms with Crippen molar-refractivity contribution in [3.05, 3.63) is 30.0 Å². The Kier molecular flexibility index (Phi) is 4.09. The van der Waals surface area contributed by atoms with E-state index < -0.39 is 0 Å². The van der Waals surface area contributed by atoms with Crippen LogP contribution in [-0.2, 0) is 4.74 Å². The summed E-state index contributed by atoms with van der Waals surface area (Å²) in [6.07, 6.45) is 4.28. The topological polar surface area (TPSA) is 70.1 Å². The molecule has 110 valence electrons. The number of aromatic nitrogens is 1. The maximum Gasteiger partial charge on any atom is 0.123 e. The van der Waals surface area contributed by atoms with E-state index in [1.165, 1.54) is 0 Å². The lowest BCUT2D eigenvalue weighted by molar-refractivity contribution is 0.109. The highest BCUT2D eigenvalue weighted by atomic mass is 16.5. The first-order valence-corrected chi connectivity index (χ1v) is 7.21. The number of rotatable bonds is 5. The monoisotopic (exact) mass is 285 g/mol. The van der Waals surface area contributed by atoms with Crippen molar-refractivity contribution in [3.63, 3.8) is 0 Å². The third-order valence-electron chi connectivity index (χ3n) is 3.93. The van der Waals surface area contributed by atoms with Crippen LogP contribution in [0, 0.1) is 11.3 Å². The van der Waals surface area contributed by atoms with Crippen LogP contribution in [-0.4, -0.2) is 31.3 Å². The Hall–Kier alpha value is -2.03. The average Bonchev–Trinajstić information content (AvgIpc) is 3.17. The van der Waals surface area contributed by atoms with Crippen LogP contribution in [0.5, 0.6) is 5.75 Å². The lowest BCUT2D eigenvalue weighted by Gasteiger charge is -2.15. The number of ether oxygens (including phenoxy) is 2. The first-order valence-electron chi connectivity index (χ1n) is 7.21. The van der Waals surface area contributed by atoms with Crippen molar-refractivity contribution in [2.75, 3.05) is 20.3 Å². The molecule has 1 aromatic heterocycles. The van der Waals surface area contributed by atoms with Gasteiger partial charge < -0.3 is 14.5 Å². The number of aromatic amines is 1. The Labute approximate surface area is 123 Å². The number of methoxy groups -OCH3 is 1. The van der Waals surface area contributed by atoms with Gasteiger partial charge in [-0.25, -0.2) is 0 Å². The van der Waals surface area contributed by atoms with Crippen molar-refractivity contribution < 1.29 is 9.47 Å². The molecule has 2 atom stereocenters. The molecule has 0 amide bonds. The minimum absolute atomic E-state index is 0.223. The summed E-state index contributed by atoms with van der Waals surface area (Å²) in [5, 5.41) is 13.8. The van der Waals surface area contributed by atoms with Crippen LogP contribution in [0.15, 0.2) is 24.4 Å². The Morgan fingerprint density at radius 2 is 2.48 bits per heavy atom. The largest absolute Gasteiger partial charge is 0.497 e. The van der Waals surface area contributed by atoms with Gasteiger partial charge in [0.1, 0.15) is 11.8 Å². The number of fused-ring (bicyclic) bond motifs is 1. The summed E-state index contributed by atoms with van der Waals surface area (Å²) in [5.74, 6) is 0.791. The Morgan fingerprint density at radius 3 is 3.19 bits per heavy atom. The molecule has 0 spiro atoms. The molecule has 1 fully saturated rings. The summed E-state index contributed by atoms with van der Waals surface area (Å²) in [5.41, 5.74) is 1.95. The van der Waals surface area contributed by atoms with Gasteiger partial charge in [0, 0.05) is 35.8 Å². The average molecular weight is 285 g/mol. The van der Waals surface area contributed by atoms with Gasteiger partial charge >= 0.3 is 0 Å². The fraction of sp³-hybridized carbons (Fsp3) is 0.438. The van der Waals surface area contributed by atoms with Crippen molar-refractivity contribution in [3.8, 4) is 11.8 Å². The summed E-state index contributed by atoms with van der Waals surface area (Å²) in [7, 11) is 1.64. The summed E-state index contributed by atoms with van der Waals surface area (Å²) in [4.78, 5) is 3.20. The molecule has 5 heteroatoms. The highest BCUT2D eigenvalue weighted by Gasteiger charge is 2.20. The van der Waals surface area contributed by atoms with Crippen LogP contribution < -0.4 is 10.1 Å². The van der Waals surface area contributed by atoms with Crippen LogP contribution >= 0.6 is 0 Å². The molecular weight excluding hydrogens is 266 g/mol. The molecule has 0 bridgehead atoms. The summed E-state index contributed by atoms with van der Waals surface area (Å²) in [6.45, 7) is 1.53. The third-order valence-corrected chi connectivity index (χ3v) is 3.93. The van der Waals surface area contributed by atoms with Crippen LogP contribution in [0.4, 0.5) is 0 Å². The van der Waals surface area contributed by atoms with Gasteiger partial charge in [-0.05, 0) is 31.0 Å². The van der Waals surface area contributed by atoms with Gasteiger partial charge in [-0.3, -0.25) is 5.32 Å². The smallest absolute Gasteiger partial charge is 0.123 e. The standard InChI is InChI=1S/C16H19N3O2/c1-20-11-4-5-15-13(7-11)14(10-19-15)16(8-17)18-9-12-3-2-6-21-12/h4-5,7,10,12,16,18-19H,2-3,6,9H2,1H3. The number of benzene rings is 1. The third kappa shape index (κ3) is 2.87. The second-order valence-corrected chi connectivity index (χ2v) is 5.26. The molecule has 2 aromatic rings. The summed E-state index contributed by atoms with van der Waals surface area (Å²) >= 11 is 0. The van der Waals surface area contributed by atoms with Gasteiger partial charge in [-0.2, -0.15) is 5.26 Å². The van der Waals surface area contributed by atoms with Crippen molar-refractivity contribution >= 4 is 10.9 Å². The van der Waals surface area contributed by atoms with Gasteiger partial charge in [0.15, 0.2) is 0 Å². The van der Waals surface area contributed by atoms with E-state index in [2.05, 4.69) is 16.4 Å². The predicted molar refractivity (Wildman–Crippen MR) is 80.2 cm³/mol. The second-order valence-electron chi connectivity index (χ2n) is 5.26. The van der Waals surface area contributed by atoms with E-state index in [1.807, 2.05) is 24.4 Å². The quantitative estimate of drug-likeness (QED) is 0.885. The molecule has 2 N–H and O–H groups in total. The van der Waals surface area contributed by atoms with Gasteiger partial charge in [0.25, 0.3) is 0 Å². The number of hydrogen-bond acceptors (Lipinski definition) is 4. The number of nitriles is 1.